The van der Waals surface area contributed by atoms with Crippen LogP contribution in [0.3, 0.4) is 0 Å². The molecule has 0 aromatic rings. The first-order chi connectivity index (χ1) is 9.53. The first kappa shape index (κ1) is 19.4. The third kappa shape index (κ3) is 9.84. The van der Waals surface area contributed by atoms with Crippen LogP contribution in [0.15, 0.2) is 0 Å². The molecule has 0 aliphatic carbocycles. The van der Waals surface area contributed by atoms with Crippen LogP contribution in [-0.4, -0.2) is 41.6 Å². The Morgan fingerprint density at radius 2 is 1.86 bits per heavy atom. The molecule has 0 aliphatic heterocycles. The lowest BCUT2D eigenvalue weighted by molar-refractivity contribution is -0.147. The van der Waals surface area contributed by atoms with Crippen molar-refractivity contribution in [3.8, 4) is 0 Å². The van der Waals surface area contributed by atoms with Crippen molar-refractivity contribution in [2.24, 2.45) is 11.1 Å². The molecule has 2 atom stereocenters. The summed E-state index contributed by atoms with van der Waals surface area (Å²) >= 11 is 0. The number of hydrogen-bond donors (Lipinski definition) is 3. The SMILES string of the molecule is CC(NC(=O)CC(N)C(=O)O)C(=O)OCCCC(C)(C)C. The lowest BCUT2D eigenvalue weighted by Gasteiger charge is -2.18. The molecule has 0 bridgehead atoms. The molecule has 0 aromatic carbocycles. The molecule has 1 amide bonds. The van der Waals surface area contributed by atoms with E-state index in [0.29, 0.717) is 6.61 Å². The van der Waals surface area contributed by atoms with Gasteiger partial charge in [0, 0.05) is 0 Å². The van der Waals surface area contributed by atoms with E-state index in [4.69, 9.17) is 15.6 Å². The zero-order chi connectivity index (χ0) is 16.6. The second-order valence-electron chi connectivity index (χ2n) is 6.27. The second-order valence-corrected chi connectivity index (χ2v) is 6.27. The monoisotopic (exact) mass is 302 g/mol. The van der Waals surface area contributed by atoms with Crippen molar-refractivity contribution in [3.05, 3.63) is 0 Å². The van der Waals surface area contributed by atoms with Gasteiger partial charge in [-0.25, -0.2) is 4.79 Å². The van der Waals surface area contributed by atoms with Crippen LogP contribution in [0.4, 0.5) is 0 Å². The highest BCUT2D eigenvalue weighted by Crippen LogP contribution is 2.20. The molecular weight excluding hydrogens is 276 g/mol. The van der Waals surface area contributed by atoms with Crippen molar-refractivity contribution >= 4 is 17.8 Å². The van der Waals surface area contributed by atoms with E-state index < -0.39 is 29.9 Å². The third-order valence-electron chi connectivity index (χ3n) is 2.77. The van der Waals surface area contributed by atoms with Crippen LogP contribution >= 0.6 is 0 Å². The van der Waals surface area contributed by atoms with Crippen LogP contribution in [0.2, 0.25) is 0 Å². The van der Waals surface area contributed by atoms with E-state index in [0.717, 1.165) is 12.8 Å². The molecule has 0 spiro atoms. The topological polar surface area (TPSA) is 119 Å². The maximum absolute atomic E-state index is 11.6. The number of esters is 1. The lowest BCUT2D eigenvalue weighted by Crippen LogP contribution is -2.43. The molecule has 0 rings (SSSR count). The van der Waals surface area contributed by atoms with Gasteiger partial charge in [-0.2, -0.15) is 0 Å². The van der Waals surface area contributed by atoms with Gasteiger partial charge in [-0.3, -0.25) is 9.59 Å². The minimum atomic E-state index is -1.28. The molecular formula is C14H26N2O5. The van der Waals surface area contributed by atoms with Gasteiger partial charge in [-0.05, 0) is 25.2 Å². The van der Waals surface area contributed by atoms with Gasteiger partial charge in [0.2, 0.25) is 5.91 Å². The van der Waals surface area contributed by atoms with Gasteiger partial charge >= 0.3 is 11.9 Å². The summed E-state index contributed by atoms with van der Waals surface area (Å²) in [6, 6.07) is -2.10. The molecule has 4 N–H and O–H groups in total. The predicted molar refractivity (Wildman–Crippen MR) is 77.5 cm³/mol. The summed E-state index contributed by atoms with van der Waals surface area (Å²) in [6.07, 6.45) is 1.30. The molecule has 0 aliphatic rings. The third-order valence-corrected chi connectivity index (χ3v) is 2.77. The van der Waals surface area contributed by atoms with Crippen molar-refractivity contribution in [1.29, 1.82) is 0 Å². The highest BCUT2D eigenvalue weighted by atomic mass is 16.5. The molecule has 0 heterocycles. The Labute approximate surface area is 125 Å². The number of rotatable bonds is 8. The summed E-state index contributed by atoms with van der Waals surface area (Å²) < 4.78 is 5.05. The number of carboxylic acids is 1. The molecule has 2 unspecified atom stereocenters. The van der Waals surface area contributed by atoms with Gasteiger partial charge in [0.1, 0.15) is 12.1 Å². The zero-order valence-corrected chi connectivity index (χ0v) is 13.1. The van der Waals surface area contributed by atoms with E-state index in [1.165, 1.54) is 6.92 Å². The minimum absolute atomic E-state index is 0.180. The number of nitrogens with two attached hydrogens (primary N) is 1. The van der Waals surface area contributed by atoms with Crippen LogP contribution in [-0.2, 0) is 19.1 Å². The van der Waals surface area contributed by atoms with E-state index in [2.05, 4.69) is 26.1 Å². The Morgan fingerprint density at radius 3 is 2.33 bits per heavy atom. The predicted octanol–water partition coefficient (Wildman–Crippen LogP) is 0.663. The number of hydrogen-bond acceptors (Lipinski definition) is 5. The van der Waals surface area contributed by atoms with Gasteiger partial charge in [0.05, 0.1) is 13.0 Å². The van der Waals surface area contributed by atoms with Crippen LogP contribution in [0.1, 0.15) is 47.0 Å². The summed E-state index contributed by atoms with van der Waals surface area (Å²) in [7, 11) is 0. The molecule has 0 radical (unpaired) electrons. The normalized spacial score (nSPS) is 14.1. The van der Waals surface area contributed by atoms with Crippen molar-refractivity contribution in [1.82, 2.24) is 5.32 Å². The molecule has 0 saturated carbocycles. The van der Waals surface area contributed by atoms with E-state index in [-0.39, 0.29) is 11.8 Å². The first-order valence-corrected chi connectivity index (χ1v) is 6.97. The van der Waals surface area contributed by atoms with Crippen molar-refractivity contribution in [2.75, 3.05) is 6.61 Å². The fourth-order valence-corrected chi connectivity index (χ4v) is 1.55. The van der Waals surface area contributed by atoms with Gasteiger partial charge in [-0.15, -0.1) is 0 Å². The Bertz CT molecular complexity index is 376. The van der Waals surface area contributed by atoms with Crippen molar-refractivity contribution in [2.45, 2.75) is 59.0 Å². The van der Waals surface area contributed by atoms with E-state index in [9.17, 15) is 14.4 Å². The van der Waals surface area contributed by atoms with E-state index in [1.54, 1.807) is 0 Å². The number of carboxylic acid groups (broad SMARTS) is 1. The summed E-state index contributed by atoms with van der Waals surface area (Å²) in [4.78, 5) is 33.6. The number of carbonyl (C=O) groups is 3. The maximum atomic E-state index is 11.6. The molecule has 7 heteroatoms. The lowest BCUT2D eigenvalue weighted by atomic mass is 9.91. The second kappa shape index (κ2) is 8.61. The zero-order valence-electron chi connectivity index (χ0n) is 13.1. The van der Waals surface area contributed by atoms with Gasteiger partial charge < -0.3 is 20.9 Å². The fourth-order valence-electron chi connectivity index (χ4n) is 1.55. The standard InChI is InChI=1S/C14H26N2O5/c1-9(16-11(17)8-10(15)12(18)19)13(20)21-7-5-6-14(2,3)4/h9-10H,5-8,15H2,1-4H3,(H,16,17)(H,18,19). The molecule has 122 valence electrons. The van der Waals surface area contributed by atoms with Crippen LogP contribution in [0.25, 0.3) is 0 Å². The smallest absolute Gasteiger partial charge is 0.328 e. The summed E-state index contributed by atoms with van der Waals surface area (Å²) in [6.45, 7) is 8.08. The van der Waals surface area contributed by atoms with Crippen LogP contribution in [0, 0.1) is 5.41 Å². The number of amides is 1. The van der Waals surface area contributed by atoms with E-state index >= 15 is 0 Å². The van der Waals surface area contributed by atoms with Gasteiger partial charge in [-0.1, -0.05) is 20.8 Å². The number of ether oxygens (including phenoxy) is 1. The van der Waals surface area contributed by atoms with Gasteiger partial charge in [0.25, 0.3) is 0 Å². The van der Waals surface area contributed by atoms with Crippen LogP contribution < -0.4 is 11.1 Å². The molecule has 0 fully saturated rings. The Hall–Kier alpha value is -1.63. The van der Waals surface area contributed by atoms with E-state index in [1.807, 2.05) is 0 Å². The molecule has 0 aromatic heterocycles. The number of aliphatic carboxylic acids is 1. The van der Waals surface area contributed by atoms with Crippen LogP contribution in [0.5, 0.6) is 0 Å². The molecule has 0 saturated heterocycles. The largest absolute Gasteiger partial charge is 0.480 e. The molecule has 21 heavy (non-hydrogen) atoms. The fraction of sp³-hybridized carbons (Fsp3) is 0.786. The summed E-state index contributed by atoms with van der Waals surface area (Å²) in [5, 5.41) is 11.0. The Kier molecular flexibility index (Phi) is 7.94. The molecule has 7 nitrogen and oxygen atoms in total. The minimum Gasteiger partial charge on any atom is -0.480 e. The summed E-state index contributed by atoms with van der Waals surface area (Å²) in [5.41, 5.74) is 5.41. The van der Waals surface area contributed by atoms with Crippen molar-refractivity contribution < 1.29 is 24.2 Å². The number of carbonyl (C=O) groups excluding carboxylic acids is 2. The Morgan fingerprint density at radius 1 is 1.29 bits per heavy atom. The Balaban J connectivity index is 3.99. The van der Waals surface area contributed by atoms with Crippen molar-refractivity contribution in [3.63, 3.8) is 0 Å². The quantitative estimate of drug-likeness (QED) is 0.448. The first-order valence-electron chi connectivity index (χ1n) is 6.97. The highest BCUT2D eigenvalue weighted by molar-refractivity contribution is 5.87. The van der Waals surface area contributed by atoms with Gasteiger partial charge in [0.15, 0.2) is 0 Å². The number of nitrogens with one attached hydrogen (secondary N) is 1. The highest BCUT2D eigenvalue weighted by Gasteiger charge is 2.21. The summed E-state index contributed by atoms with van der Waals surface area (Å²) in [5.74, 6) is -2.40. The maximum Gasteiger partial charge on any atom is 0.328 e. The average Bonchev–Trinajstić information content (AvgIpc) is 2.32. The average molecular weight is 302 g/mol.